The molecule has 0 spiro atoms. The highest BCUT2D eigenvalue weighted by molar-refractivity contribution is 9.10. The van der Waals surface area contributed by atoms with Crippen LogP contribution in [-0.4, -0.2) is 15.5 Å². The van der Waals surface area contributed by atoms with Crippen molar-refractivity contribution in [2.75, 3.05) is 17.6 Å². The second-order valence-electron chi connectivity index (χ2n) is 4.02. The summed E-state index contributed by atoms with van der Waals surface area (Å²) in [6, 6.07) is 11.3. The smallest absolute Gasteiger partial charge is 0.265 e. The van der Waals surface area contributed by atoms with Gasteiger partial charge in [-0.05, 0) is 42.5 Å². The number of nitrogens with two attached hydrogens (primary N) is 1. The second kappa shape index (κ2) is 5.72. The zero-order chi connectivity index (χ0) is 14.8. The van der Waals surface area contributed by atoms with Gasteiger partial charge in [0.05, 0.1) is 7.11 Å². The summed E-state index contributed by atoms with van der Waals surface area (Å²) >= 11 is 3.29. The van der Waals surface area contributed by atoms with Gasteiger partial charge in [-0.15, -0.1) is 0 Å². The number of halogens is 1. The lowest BCUT2D eigenvalue weighted by Crippen LogP contribution is -2.14. The standard InChI is InChI=1S/C13H13BrN2O3S/c1-19-12-7-4-10(15)8-13(12)20(17,18)16-11-5-2-9(14)3-6-11/h2-8,16H,15H2,1H3. The third kappa shape index (κ3) is 3.23. The molecule has 0 aliphatic rings. The van der Waals surface area contributed by atoms with Crippen molar-refractivity contribution < 1.29 is 13.2 Å². The first-order valence-corrected chi connectivity index (χ1v) is 7.92. The monoisotopic (exact) mass is 356 g/mol. The Hall–Kier alpha value is -1.73. The Labute approximate surface area is 125 Å². The van der Waals surface area contributed by atoms with E-state index in [1.54, 1.807) is 30.3 Å². The molecule has 0 aromatic heterocycles. The molecule has 0 fully saturated rings. The van der Waals surface area contributed by atoms with E-state index in [0.717, 1.165) is 4.47 Å². The maximum atomic E-state index is 12.4. The van der Waals surface area contributed by atoms with Crippen LogP contribution in [0.1, 0.15) is 0 Å². The molecule has 2 aromatic carbocycles. The highest BCUT2D eigenvalue weighted by Crippen LogP contribution is 2.28. The molecule has 0 amide bonds. The second-order valence-corrected chi connectivity index (χ2v) is 6.59. The quantitative estimate of drug-likeness (QED) is 0.825. The average Bonchev–Trinajstić information content (AvgIpc) is 2.41. The number of methoxy groups -OCH3 is 1. The topological polar surface area (TPSA) is 81.4 Å². The van der Waals surface area contributed by atoms with Gasteiger partial charge in [0.15, 0.2) is 0 Å². The SMILES string of the molecule is COc1ccc(N)cc1S(=O)(=O)Nc1ccc(Br)cc1. The zero-order valence-corrected chi connectivity index (χ0v) is 13.0. The van der Waals surface area contributed by atoms with Crippen molar-refractivity contribution in [1.29, 1.82) is 0 Å². The van der Waals surface area contributed by atoms with Gasteiger partial charge in [0.25, 0.3) is 10.0 Å². The molecule has 2 rings (SSSR count). The number of hydrogen-bond donors (Lipinski definition) is 2. The van der Waals surface area contributed by atoms with Crippen LogP contribution in [0.15, 0.2) is 51.8 Å². The summed E-state index contributed by atoms with van der Waals surface area (Å²) < 4.78 is 33.1. The summed E-state index contributed by atoms with van der Waals surface area (Å²) in [5.74, 6) is 0.240. The van der Waals surface area contributed by atoms with Crippen LogP contribution in [0, 0.1) is 0 Å². The van der Waals surface area contributed by atoms with Crippen LogP contribution < -0.4 is 15.2 Å². The summed E-state index contributed by atoms with van der Waals surface area (Å²) in [5, 5.41) is 0. The van der Waals surface area contributed by atoms with Crippen molar-refractivity contribution in [1.82, 2.24) is 0 Å². The van der Waals surface area contributed by atoms with Gasteiger partial charge in [0, 0.05) is 15.8 Å². The van der Waals surface area contributed by atoms with Gasteiger partial charge in [-0.2, -0.15) is 0 Å². The Kier molecular flexibility index (Phi) is 4.20. The van der Waals surface area contributed by atoms with Crippen LogP contribution in [0.25, 0.3) is 0 Å². The van der Waals surface area contributed by atoms with Gasteiger partial charge < -0.3 is 10.5 Å². The number of ether oxygens (including phenoxy) is 1. The van der Waals surface area contributed by atoms with Crippen LogP contribution in [-0.2, 0) is 10.0 Å². The molecule has 0 aliphatic heterocycles. The molecule has 3 N–H and O–H groups in total. The summed E-state index contributed by atoms with van der Waals surface area (Å²) in [6.45, 7) is 0. The summed E-state index contributed by atoms with van der Waals surface area (Å²) in [6.07, 6.45) is 0. The van der Waals surface area contributed by atoms with E-state index < -0.39 is 10.0 Å². The van der Waals surface area contributed by atoms with Gasteiger partial charge in [-0.3, -0.25) is 4.72 Å². The fourth-order valence-corrected chi connectivity index (χ4v) is 3.16. The Bertz CT molecular complexity index is 715. The van der Waals surface area contributed by atoms with E-state index in [0.29, 0.717) is 11.4 Å². The molecule has 0 unspecified atom stereocenters. The molecule has 0 saturated carbocycles. The van der Waals surface area contributed by atoms with Crippen molar-refractivity contribution >= 4 is 37.3 Å². The van der Waals surface area contributed by atoms with Crippen molar-refractivity contribution in [3.05, 3.63) is 46.9 Å². The first kappa shape index (κ1) is 14.7. The number of hydrogen-bond acceptors (Lipinski definition) is 4. The average molecular weight is 357 g/mol. The van der Waals surface area contributed by atoms with Crippen LogP contribution in [0.2, 0.25) is 0 Å². The van der Waals surface area contributed by atoms with E-state index in [2.05, 4.69) is 20.7 Å². The Morgan fingerprint density at radius 3 is 2.40 bits per heavy atom. The summed E-state index contributed by atoms with van der Waals surface area (Å²) in [4.78, 5) is 0.00270. The number of rotatable bonds is 4. The zero-order valence-electron chi connectivity index (χ0n) is 10.6. The van der Waals surface area contributed by atoms with E-state index in [9.17, 15) is 8.42 Å². The third-order valence-corrected chi connectivity index (χ3v) is 4.50. The van der Waals surface area contributed by atoms with Crippen molar-refractivity contribution in [3.63, 3.8) is 0 Å². The minimum atomic E-state index is -3.76. The van der Waals surface area contributed by atoms with Crippen molar-refractivity contribution in [2.24, 2.45) is 0 Å². The Morgan fingerprint density at radius 1 is 1.15 bits per heavy atom. The summed E-state index contributed by atoms with van der Waals surface area (Å²) in [5.41, 5.74) is 6.44. The Morgan fingerprint density at radius 2 is 1.80 bits per heavy atom. The van der Waals surface area contributed by atoms with Crippen molar-refractivity contribution in [2.45, 2.75) is 4.90 Å². The van der Waals surface area contributed by atoms with Gasteiger partial charge in [0.1, 0.15) is 10.6 Å². The third-order valence-electron chi connectivity index (χ3n) is 2.57. The van der Waals surface area contributed by atoms with Crippen molar-refractivity contribution in [3.8, 4) is 5.75 Å². The minimum absolute atomic E-state index is 0.00270. The molecule has 0 saturated heterocycles. The molecule has 0 atom stereocenters. The van der Waals surface area contributed by atoms with E-state index in [4.69, 9.17) is 10.5 Å². The van der Waals surface area contributed by atoms with Crippen LogP contribution >= 0.6 is 15.9 Å². The molecule has 20 heavy (non-hydrogen) atoms. The predicted molar refractivity (Wildman–Crippen MR) is 82.4 cm³/mol. The van der Waals surface area contributed by atoms with Crippen LogP contribution in [0.5, 0.6) is 5.75 Å². The number of sulfonamides is 1. The van der Waals surface area contributed by atoms with Gasteiger partial charge in [-0.1, -0.05) is 15.9 Å². The van der Waals surface area contributed by atoms with Gasteiger partial charge >= 0.3 is 0 Å². The minimum Gasteiger partial charge on any atom is -0.495 e. The van der Waals surface area contributed by atoms with Gasteiger partial charge in [0.2, 0.25) is 0 Å². The molecule has 0 radical (unpaired) electrons. The highest BCUT2D eigenvalue weighted by atomic mass is 79.9. The van der Waals surface area contributed by atoms with Gasteiger partial charge in [-0.25, -0.2) is 8.42 Å². The number of benzene rings is 2. The molecule has 0 heterocycles. The van der Waals surface area contributed by atoms with Crippen LogP contribution in [0.3, 0.4) is 0 Å². The van der Waals surface area contributed by atoms with E-state index >= 15 is 0 Å². The first-order valence-electron chi connectivity index (χ1n) is 5.64. The first-order chi connectivity index (χ1) is 9.42. The predicted octanol–water partition coefficient (Wildman–Crippen LogP) is 2.84. The highest BCUT2D eigenvalue weighted by Gasteiger charge is 2.20. The lowest BCUT2D eigenvalue weighted by molar-refractivity contribution is 0.403. The van der Waals surface area contributed by atoms with E-state index in [1.807, 2.05) is 0 Å². The molecular weight excluding hydrogens is 344 g/mol. The molecule has 2 aromatic rings. The summed E-state index contributed by atoms with van der Waals surface area (Å²) in [7, 11) is -2.35. The fourth-order valence-electron chi connectivity index (χ4n) is 1.63. The lowest BCUT2D eigenvalue weighted by Gasteiger charge is -2.12. The molecule has 0 bridgehead atoms. The number of anilines is 2. The largest absolute Gasteiger partial charge is 0.495 e. The Balaban J connectivity index is 2.40. The van der Waals surface area contributed by atoms with E-state index in [1.165, 1.54) is 19.2 Å². The maximum Gasteiger partial charge on any atom is 0.265 e. The van der Waals surface area contributed by atoms with E-state index in [-0.39, 0.29) is 10.6 Å². The normalized spacial score (nSPS) is 11.1. The lowest BCUT2D eigenvalue weighted by atomic mass is 10.3. The molecular formula is C13H13BrN2O3S. The fraction of sp³-hybridized carbons (Fsp3) is 0.0769. The molecule has 5 nitrogen and oxygen atoms in total. The molecule has 106 valence electrons. The van der Waals surface area contributed by atoms with Crippen LogP contribution in [0.4, 0.5) is 11.4 Å². The number of nitrogen functional groups attached to an aromatic ring is 1. The number of nitrogens with one attached hydrogen (secondary N) is 1. The molecule has 0 aliphatic carbocycles. The maximum absolute atomic E-state index is 12.4. The molecule has 7 heteroatoms.